The van der Waals surface area contributed by atoms with E-state index in [4.69, 9.17) is 11.6 Å². The molecule has 0 atom stereocenters. The number of nitrogens with zero attached hydrogens (tertiary/aromatic N) is 2. The minimum absolute atomic E-state index is 0.134. The first-order valence-electron chi connectivity index (χ1n) is 5.48. The summed E-state index contributed by atoms with van der Waals surface area (Å²) in [4.78, 5) is 15.7. The van der Waals surface area contributed by atoms with Gasteiger partial charge in [0.05, 0.1) is 0 Å². The number of halogens is 1. The van der Waals surface area contributed by atoms with Gasteiger partial charge < -0.3 is 9.84 Å². The maximum absolute atomic E-state index is 11.8. The molecule has 2 aromatic rings. The summed E-state index contributed by atoms with van der Waals surface area (Å²) >= 11 is 5.72. The van der Waals surface area contributed by atoms with E-state index < -0.39 is 0 Å². The third-order valence-corrected chi connectivity index (χ3v) is 2.69. The molecule has 2 rings (SSSR count). The van der Waals surface area contributed by atoms with Gasteiger partial charge in [0.2, 0.25) is 6.39 Å². The molecule has 1 aromatic heterocycles. The third kappa shape index (κ3) is 3.30. The number of carbonyl (C=O) groups is 1. The molecule has 1 amide bonds. The van der Waals surface area contributed by atoms with E-state index in [0.29, 0.717) is 30.2 Å². The molecule has 6 heteroatoms. The second-order valence-electron chi connectivity index (χ2n) is 3.69. The number of hydrogen-bond donors (Lipinski definition) is 1. The first kappa shape index (κ1) is 12.6. The van der Waals surface area contributed by atoms with Crippen LogP contribution in [0.1, 0.15) is 21.7 Å². The molecular weight excluding hydrogens is 254 g/mol. The molecule has 18 heavy (non-hydrogen) atoms. The molecule has 0 aliphatic heterocycles. The van der Waals surface area contributed by atoms with Crippen LogP contribution in [0.3, 0.4) is 0 Å². The zero-order chi connectivity index (χ0) is 12.8. The Hall–Kier alpha value is -1.88. The van der Waals surface area contributed by atoms with Gasteiger partial charge in [0.15, 0.2) is 5.82 Å². The zero-order valence-electron chi connectivity index (χ0n) is 9.60. The predicted octanol–water partition coefficient (Wildman–Crippen LogP) is 1.78. The van der Waals surface area contributed by atoms with Gasteiger partial charge in [-0.25, -0.2) is 0 Å². The van der Waals surface area contributed by atoms with Crippen molar-refractivity contribution in [3.05, 3.63) is 47.6 Å². The monoisotopic (exact) mass is 265 g/mol. The molecule has 1 heterocycles. The number of hydrogen-bond acceptors (Lipinski definition) is 4. The third-order valence-electron chi connectivity index (χ3n) is 2.38. The molecular formula is C12H12ClN3O2. The van der Waals surface area contributed by atoms with Crippen molar-refractivity contribution in [2.75, 3.05) is 6.54 Å². The SMILES string of the molecule is O=C(NCCc1ncon1)c1cccc(CCl)c1. The predicted molar refractivity (Wildman–Crippen MR) is 66.3 cm³/mol. The Morgan fingerprint density at radius 1 is 1.44 bits per heavy atom. The van der Waals surface area contributed by atoms with Gasteiger partial charge >= 0.3 is 0 Å². The van der Waals surface area contributed by atoms with E-state index in [0.717, 1.165) is 5.56 Å². The average Bonchev–Trinajstić information content (AvgIpc) is 2.92. The normalized spacial score (nSPS) is 10.3. The van der Waals surface area contributed by atoms with Crippen LogP contribution in [0.15, 0.2) is 35.2 Å². The lowest BCUT2D eigenvalue weighted by atomic mass is 10.1. The van der Waals surface area contributed by atoms with Crippen LogP contribution in [0.25, 0.3) is 0 Å². The van der Waals surface area contributed by atoms with Crippen molar-refractivity contribution in [2.45, 2.75) is 12.3 Å². The van der Waals surface area contributed by atoms with Gasteiger partial charge in [-0.2, -0.15) is 4.98 Å². The van der Waals surface area contributed by atoms with Gasteiger partial charge in [0.1, 0.15) is 0 Å². The summed E-state index contributed by atoms with van der Waals surface area (Å²) in [5, 5.41) is 6.44. The van der Waals surface area contributed by atoms with E-state index in [2.05, 4.69) is 20.0 Å². The molecule has 1 aromatic carbocycles. The lowest BCUT2D eigenvalue weighted by Gasteiger charge is -2.04. The standard InChI is InChI=1S/C12H12ClN3O2/c13-7-9-2-1-3-10(6-9)12(17)14-5-4-11-15-8-18-16-11/h1-3,6,8H,4-5,7H2,(H,14,17). The van der Waals surface area contributed by atoms with Gasteiger partial charge in [-0.1, -0.05) is 17.3 Å². The van der Waals surface area contributed by atoms with Crippen LogP contribution in [-0.4, -0.2) is 22.6 Å². The van der Waals surface area contributed by atoms with E-state index in [1.165, 1.54) is 6.39 Å². The number of aromatic nitrogens is 2. The van der Waals surface area contributed by atoms with Gasteiger partial charge in [0, 0.05) is 24.4 Å². The smallest absolute Gasteiger partial charge is 0.251 e. The fourth-order valence-electron chi connectivity index (χ4n) is 1.49. The Kier molecular flexibility index (Phi) is 4.30. The summed E-state index contributed by atoms with van der Waals surface area (Å²) in [7, 11) is 0. The highest BCUT2D eigenvalue weighted by Crippen LogP contribution is 2.07. The minimum atomic E-state index is -0.134. The zero-order valence-corrected chi connectivity index (χ0v) is 10.4. The summed E-state index contributed by atoms with van der Waals surface area (Å²) in [6, 6.07) is 7.21. The van der Waals surface area contributed by atoms with Crippen LogP contribution in [0.2, 0.25) is 0 Å². The highest BCUT2D eigenvalue weighted by molar-refractivity contribution is 6.17. The van der Waals surface area contributed by atoms with Gasteiger partial charge in [-0.15, -0.1) is 11.6 Å². The largest absolute Gasteiger partial charge is 0.352 e. The number of benzene rings is 1. The van der Waals surface area contributed by atoms with Crippen molar-refractivity contribution in [1.29, 1.82) is 0 Å². The van der Waals surface area contributed by atoms with E-state index >= 15 is 0 Å². The lowest BCUT2D eigenvalue weighted by molar-refractivity contribution is 0.0954. The van der Waals surface area contributed by atoms with Crippen molar-refractivity contribution in [3.63, 3.8) is 0 Å². The Morgan fingerprint density at radius 3 is 3.06 bits per heavy atom. The quantitative estimate of drug-likeness (QED) is 0.837. The average molecular weight is 266 g/mol. The van der Waals surface area contributed by atoms with Crippen molar-refractivity contribution in [3.8, 4) is 0 Å². The molecule has 0 saturated heterocycles. The summed E-state index contributed by atoms with van der Waals surface area (Å²) in [6.45, 7) is 0.462. The second kappa shape index (κ2) is 6.16. The number of rotatable bonds is 5. The van der Waals surface area contributed by atoms with Crippen LogP contribution >= 0.6 is 11.6 Å². The summed E-state index contributed by atoms with van der Waals surface area (Å²) in [5.41, 5.74) is 1.52. The van der Waals surface area contributed by atoms with Crippen molar-refractivity contribution in [2.24, 2.45) is 0 Å². The lowest BCUT2D eigenvalue weighted by Crippen LogP contribution is -2.26. The van der Waals surface area contributed by atoms with E-state index in [-0.39, 0.29) is 5.91 Å². The number of carbonyl (C=O) groups excluding carboxylic acids is 1. The Morgan fingerprint density at radius 2 is 2.33 bits per heavy atom. The molecule has 0 spiro atoms. The van der Waals surface area contributed by atoms with Crippen LogP contribution in [-0.2, 0) is 12.3 Å². The highest BCUT2D eigenvalue weighted by atomic mass is 35.5. The Balaban J connectivity index is 1.87. The fourth-order valence-corrected chi connectivity index (χ4v) is 1.65. The first-order chi connectivity index (χ1) is 8.79. The Bertz CT molecular complexity index is 514. The molecule has 0 saturated carbocycles. The first-order valence-corrected chi connectivity index (χ1v) is 6.01. The minimum Gasteiger partial charge on any atom is -0.352 e. The number of nitrogens with one attached hydrogen (secondary N) is 1. The van der Waals surface area contributed by atoms with Crippen LogP contribution in [0, 0.1) is 0 Å². The maximum atomic E-state index is 11.8. The molecule has 0 unspecified atom stereocenters. The van der Waals surface area contributed by atoms with E-state index in [9.17, 15) is 4.79 Å². The van der Waals surface area contributed by atoms with Gasteiger partial charge in [0.25, 0.3) is 5.91 Å². The number of amides is 1. The van der Waals surface area contributed by atoms with Crippen LogP contribution in [0.5, 0.6) is 0 Å². The molecule has 94 valence electrons. The van der Waals surface area contributed by atoms with E-state index in [1.54, 1.807) is 12.1 Å². The van der Waals surface area contributed by atoms with Crippen molar-refractivity contribution in [1.82, 2.24) is 15.5 Å². The van der Waals surface area contributed by atoms with Crippen LogP contribution < -0.4 is 5.32 Å². The fraction of sp³-hybridized carbons (Fsp3) is 0.250. The topological polar surface area (TPSA) is 68.0 Å². The highest BCUT2D eigenvalue weighted by Gasteiger charge is 2.06. The summed E-state index contributed by atoms with van der Waals surface area (Å²) < 4.78 is 4.60. The molecule has 0 bridgehead atoms. The second-order valence-corrected chi connectivity index (χ2v) is 3.95. The molecule has 0 aliphatic rings. The van der Waals surface area contributed by atoms with Crippen molar-refractivity contribution < 1.29 is 9.32 Å². The molecule has 5 nitrogen and oxygen atoms in total. The molecule has 0 aliphatic carbocycles. The van der Waals surface area contributed by atoms with Gasteiger partial charge in [-0.05, 0) is 17.7 Å². The van der Waals surface area contributed by atoms with Gasteiger partial charge in [-0.3, -0.25) is 4.79 Å². The van der Waals surface area contributed by atoms with E-state index in [1.807, 2.05) is 12.1 Å². The molecule has 1 N–H and O–H groups in total. The van der Waals surface area contributed by atoms with Crippen LogP contribution in [0.4, 0.5) is 0 Å². The van der Waals surface area contributed by atoms with Crippen molar-refractivity contribution >= 4 is 17.5 Å². The molecule has 0 fully saturated rings. The Labute approximate surface area is 109 Å². The maximum Gasteiger partial charge on any atom is 0.251 e. The number of alkyl halides is 1. The summed E-state index contributed by atoms with van der Waals surface area (Å²) in [5.74, 6) is 0.833. The molecule has 0 radical (unpaired) electrons. The summed E-state index contributed by atoms with van der Waals surface area (Å²) in [6.07, 6.45) is 1.80.